The maximum atomic E-state index is 13.4. The van der Waals surface area contributed by atoms with E-state index in [4.69, 9.17) is 0 Å². The molecule has 0 fully saturated rings. The fourth-order valence-corrected chi connectivity index (χ4v) is 1.23. The Balaban J connectivity index is 2.91. The number of fused-ring (bicyclic) bond motifs is 1. The van der Waals surface area contributed by atoms with Gasteiger partial charge in [0.15, 0.2) is 0 Å². The second-order valence-corrected chi connectivity index (χ2v) is 2.79. The van der Waals surface area contributed by atoms with Crippen molar-refractivity contribution in [2.45, 2.75) is 6.92 Å². The second-order valence-electron chi connectivity index (χ2n) is 2.79. The summed E-state index contributed by atoms with van der Waals surface area (Å²) in [6.07, 6.45) is 3.22. The molecule has 0 amide bonds. The highest BCUT2D eigenvalue weighted by molar-refractivity contribution is 5.82. The average Bonchev–Trinajstić information content (AvgIpc) is 2.12. The van der Waals surface area contributed by atoms with Crippen molar-refractivity contribution in [1.29, 1.82) is 0 Å². The van der Waals surface area contributed by atoms with Crippen LogP contribution >= 0.6 is 0 Å². The number of nitrogens with zero attached hydrogens (tertiary/aromatic N) is 1. The molecule has 0 aliphatic carbocycles. The summed E-state index contributed by atoms with van der Waals surface area (Å²) in [7, 11) is 0. The maximum Gasteiger partial charge on any atom is 0.135 e. The quantitative estimate of drug-likeness (QED) is 0.578. The molecule has 12 heavy (non-hydrogen) atoms. The van der Waals surface area contributed by atoms with Gasteiger partial charge in [0.1, 0.15) is 5.82 Å². The molecule has 0 N–H and O–H groups in total. The lowest BCUT2D eigenvalue weighted by Crippen LogP contribution is -1.84. The molecule has 1 aromatic carbocycles. The standard InChI is InChI=1S/C10H8FN/c1-7-2-3-8-4-5-12-6-9(8)10(7)11/h2-6H,1H3. The zero-order valence-electron chi connectivity index (χ0n) is 6.71. The number of benzene rings is 1. The van der Waals surface area contributed by atoms with E-state index in [0.717, 1.165) is 5.39 Å². The van der Waals surface area contributed by atoms with E-state index in [1.807, 2.05) is 6.07 Å². The van der Waals surface area contributed by atoms with Crippen LogP contribution in [0.5, 0.6) is 0 Å². The van der Waals surface area contributed by atoms with Crippen molar-refractivity contribution >= 4 is 10.8 Å². The Morgan fingerprint density at radius 1 is 1.25 bits per heavy atom. The Labute approximate surface area is 69.9 Å². The molecule has 0 saturated carbocycles. The molecular formula is C10H8FN. The van der Waals surface area contributed by atoms with Gasteiger partial charge in [0.2, 0.25) is 0 Å². The number of aromatic nitrogens is 1. The van der Waals surface area contributed by atoms with E-state index < -0.39 is 0 Å². The molecule has 2 aromatic rings. The van der Waals surface area contributed by atoms with Crippen LogP contribution in [0.1, 0.15) is 5.56 Å². The van der Waals surface area contributed by atoms with Gasteiger partial charge >= 0.3 is 0 Å². The summed E-state index contributed by atoms with van der Waals surface area (Å²) in [4.78, 5) is 3.87. The fraction of sp³-hybridized carbons (Fsp3) is 0.100. The molecule has 0 aliphatic heterocycles. The summed E-state index contributed by atoms with van der Waals surface area (Å²) in [5.41, 5.74) is 0.663. The molecule has 0 aliphatic rings. The highest BCUT2D eigenvalue weighted by atomic mass is 19.1. The van der Waals surface area contributed by atoms with Gasteiger partial charge < -0.3 is 0 Å². The molecule has 60 valence electrons. The van der Waals surface area contributed by atoms with Crippen LogP contribution in [0.4, 0.5) is 4.39 Å². The van der Waals surface area contributed by atoms with Crippen LogP contribution in [0.2, 0.25) is 0 Å². The summed E-state index contributed by atoms with van der Waals surface area (Å²) < 4.78 is 13.4. The van der Waals surface area contributed by atoms with Crippen LogP contribution in [0.15, 0.2) is 30.6 Å². The minimum atomic E-state index is -0.166. The zero-order chi connectivity index (χ0) is 8.55. The predicted octanol–water partition coefficient (Wildman–Crippen LogP) is 2.68. The average molecular weight is 161 g/mol. The van der Waals surface area contributed by atoms with E-state index in [2.05, 4.69) is 4.98 Å². The van der Waals surface area contributed by atoms with Crippen molar-refractivity contribution in [2.24, 2.45) is 0 Å². The van der Waals surface area contributed by atoms with E-state index in [1.54, 1.807) is 31.5 Å². The smallest absolute Gasteiger partial charge is 0.135 e. The largest absolute Gasteiger partial charge is 0.264 e. The Bertz CT molecular complexity index is 423. The Hall–Kier alpha value is -1.44. The monoisotopic (exact) mass is 161 g/mol. The van der Waals surface area contributed by atoms with Gasteiger partial charge in [-0.25, -0.2) is 4.39 Å². The number of halogens is 1. The van der Waals surface area contributed by atoms with Crippen molar-refractivity contribution < 1.29 is 4.39 Å². The lowest BCUT2D eigenvalue weighted by atomic mass is 10.1. The topological polar surface area (TPSA) is 12.9 Å². The Morgan fingerprint density at radius 3 is 2.92 bits per heavy atom. The minimum absolute atomic E-state index is 0.166. The Kier molecular flexibility index (Phi) is 1.54. The van der Waals surface area contributed by atoms with E-state index >= 15 is 0 Å². The first-order valence-corrected chi connectivity index (χ1v) is 3.78. The second kappa shape index (κ2) is 2.55. The molecule has 1 heterocycles. The molecule has 1 nitrogen and oxygen atoms in total. The third-order valence-corrected chi connectivity index (χ3v) is 1.95. The third-order valence-electron chi connectivity index (χ3n) is 1.95. The van der Waals surface area contributed by atoms with Crippen molar-refractivity contribution in [3.05, 3.63) is 42.0 Å². The summed E-state index contributed by atoms with van der Waals surface area (Å²) in [5, 5.41) is 1.49. The van der Waals surface area contributed by atoms with Gasteiger partial charge in [-0.2, -0.15) is 0 Å². The Morgan fingerprint density at radius 2 is 2.08 bits per heavy atom. The van der Waals surface area contributed by atoms with Crippen LogP contribution in [-0.2, 0) is 0 Å². The lowest BCUT2D eigenvalue weighted by molar-refractivity contribution is 0.630. The summed E-state index contributed by atoms with van der Waals surface area (Å²) in [6.45, 7) is 1.75. The van der Waals surface area contributed by atoms with Crippen LogP contribution in [0.25, 0.3) is 10.8 Å². The van der Waals surface area contributed by atoms with E-state index in [-0.39, 0.29) is 5.82 Å². The number of rotatable bonds is 0. The van der Waals surface area contributed by atoms with Gasteiger partial charge in [-0.1, -0.05) is 12.1 Å². The first-order chi connectivity index (χ1) is 5.79. The molecule has 2 rings (SSSR count). The molecule has 1 aromatic heterocycles. The van der Waals surface area contributed by atoms with Gasteiger partial charge in [0.25, 0.3) is 0 Å². The van der Waals surface area contributed by atoms with Crippen molar-refractivity contribution in [3.8, 4) is 0 Å². The molecule has 2 heteroatoms. The summed E-state index contributed by atoms with van der Waals surface area (Å²) >= 11 is 0. The predicted molar refractivity (Wildman–Crippen MR) is 46.4 cm³/mol. The number of pyridine rings is 1. The number of aryl methyl sites for hydroxylation is 1. The zero-order valence-corrected chi connectivity index (χ0v) is 6.71. The molecular weight excluding hydrogens is 153 g/mol. The summed E-state index contributed by atoms with van der Waals surface area (Å²) in [6, 6.07) is 5.48. The van der Waals surface area contributed by atoms with Gasteiger partial charge in [-0.05, 0) is 23.9 Å². The maximum absolute atomic E-state index is 13.4. The minimum Gasteiger partial charge on any atom is -0.264 e. The van der Waals surface area contributed by atoms with E-state index in [0.29, 0.717) is 10.9 Å². The van der Waals surface area contributed by atoms with Gasteiger partial charge in [0.05, 0.1) is 0 Å². The highest BCUT2D eigenvalue weighted by Crippen LogP contribution is 2.18. The van der Waals surface area contributed by atoms with Crippen molar-refractivity contribution in [1.82, 2.24) is 4.98 Å². The first kappa shape index (κ1) is 7.22. The van der Waals surface area contributed by atoms with Gasteiger partial charge in [0, 0.05) is 17.8 Å². The van der Waals surface area contributed by atoms with Crippen LogP contribution in [-0.4, -0.2) is 4.98 Å². The molecule has 0 radical (unpaired) electrons. The normalized spacial score (nSPS) is 10.5. The lowest BCUT2D eigenvalue weighted by Gasteiger charge is -2.00. The molecule has 0 atom stereocenters. The third kappa shape index (κ3) is 0.961. The molecule has 0 spiro atoms. The number of hydrogen-bond donors (Lipinski definition) is 0. The van der Waals surface area contributed by atoms with Crippen LogP contribution < -0.4 is 0 Å². The highest BCUT2D eigenvalue weighted by Gasteiger charge is 2.01. The fourth-order valence-electron chi connectivity index (χ4n) is 1.23. The molecule has 0 bridgehead atoms. The molecule has 0 unspecified atom stereocenters. The van der Waals surface area contributed by atoms with E-state index in [9.17, 15) is 4.39 Å². The van der Waals surface area contributed by atoms with Crippen molar-refractivity contribution in [2.75, 3.05) is 0 Å². The van der Waals surface area contributed by atoms with Crippen LogP contribution in [0, 0.1) is 12.7 Å². The van der Waals surface area contributed by atoms with E-state index in [1.165, 1.54) is 0 Å². The molecule has 0 saturated heterocycles. The van der Waals surface area contributed by atoms with Gasteiger partial charge in [-0.15, -0.1) is 0 Å². The SMILES string of the molecule is Cc1ccc2ccncc2c1F. The van der Waals surface area contributed by atoms with Crippen LogP contribution in [0.3, 0.4) is 0 Å². The van der Waals surface area contributed by atoms with Gasteiger partial charge in [-0.3, -0.25) is 4.98 Å². The van der Waals surface area contributed by atoms with Crippen molar-refractivity contribution in [3.63, 3.8) is 0 Å². The number of hydrogen-bond acceptors (Lipinski definition) is 1. The summed E-state index contributed by atoms with van der Waals surface area (Å²) in [5.74, 6) is -0.166. The first-order valence-electron chi connectivity index (χ1n) is 3.78.